The zero-order chi connectivity index (χ0) is 12.3. The van der Waals surface area contributed by atoms with Crippen molar-refractivity contribution >= 4 is 10.9 Å². The molecule has 0 unspecified atom stereocenters. The Labute approximate surface area is 98.7 Å². The van der Waals surface area contributed by atoms with E-state index in [0.29, 0.717) is 17.4 Å². The van der Waals surface area contributed by atoms with Crippen molar-refractivity contribution in [3.05, 3.63) is 34.9 Å². The zero-order valence-electron chi connectivity index (χ0n) is 9.68. The predicted octanol–water partition coefficient (Wildman–Crippen LogP) is 0.712. The van der Waals surface area contributed by atoms with Crippen LogP contribution in [0.25, 0.3) is 10.9 Å². The van der Waals surface area contributed by atoms with E-state index < -0.39 is 0 Å². The van der Waals surface area contributed by atoms with Gasteiger partial charge in [0.25, 0.3) is 5.56 Å². The maximum Gasteiger partial charge on any atom is 0.261 e. The monoisotopic (exact) mass is 233 g/mol. The minimum atomic E-state index is -0.0638. The number of aromatic nitrogens is 2. The summed E-state index contributed by atoms with van der Waals surface area (Å²) in [7, 11) is 1.88. The lowest BCUT2D eigenvalue weighted by molar-refractivity contribution is 0.476. The summed E-state index contributed by atoms with van der Waals surface area (Å²) in [5, 5.41) is 12.9. The molecule has 5 heteroatoms. The third kappa shape index (κ3) is 2.45. The highest BCUT2D eigenvalue weighted by atomic mass is 16.3. The summed E-state index contributed by atoms with van der Waals surface area (Å²) in [5.41, 5.74) is 0.464. The number of aromatic hydroxyl groups is 1. The molecule has 0 saturated heterocycles. The molecule has 0 radical (unpaired) electrons. The highest BCUT2D eigenvalue weighted by Crippen LogP contribution is 2.14. The molecule has 1 heterocycles. The first-order valence-corrected chi connectivity index (χ1v) is 5.55. The lowest BCUT2D eigenvalue weighted by atomic mass is 10.2. The number of hydrogen-bond acceptors (Lipinski definition) is 4. The van der Waals surface area contributed by atoms with Gasteiger partial charge in [0.2, 0.25) is 0 Å². The number of phenolic OH excluding ortho intramolecular Hbond substituents is 1. The Balaban J connectivity index is 2.37. The van der Waals surface area contributed by atoms with Gasteiger partial charge in [-0.15, -0.1) is 0 Å². The average Bonchev–Trinajstić information content (AvgIpc) is 2.32. The van der Waals surface area contributed by atoms with Gasteiger partial charge < -0.3 is 10.4 Å². The summed E-state index contributed by atoms with van der Waals surface area (Å²) in [6, 6.07) is 4.60. The van der Waals surface area contributed by atoms with Crippen molar-refractivity contribution in [1.29, 1.82) is 0 Å². The fourth-order valence-corrected chi connectivity index (χ4v) is 1.73. The van der Waals surface area contributed by atoms with Crippen LogP contribution in [0.4, 0.5) is 0 Å². The number of nitrogens with one attached hydrogen (secondary N) is 1. The van der Waals surface area contributed by atoms with E-state index in [1.165, 1.54) is 18.5 Å². The SMILES string of the molecule is CNCCCn1cnc2cc(O)ccc2c1=O. The van der Waals surface area contributed by atoms with E-state index in [9.17, 15) is 9.90 Å². The lowest BCUT2D eigenvalue weighted by Gasteiger charge is -2.06. The normalized spacial score (nSPS) is 10.9. The fraction of sp³-hybridized carbons (Fsp3) is 0.333. The molecule has 0 atom stereocenters. The van der Waals surface area contributed by atoms with Crippen LogP contribution in [0.5, 0.6) is 5.75 Å². The van der Waals surface area contributed by atoms with Crippen molar-refractivity contribution in [2.45, 2.75) is 13.0 Å². The summed E-state index contributed by atoms with van der Waals surface area (Å²) >= 11 is 0. The van der Waals surface area contributed by atoms with Crippen LogP contribution in [-0.4, -0.2) is 28.3 Å². The molecular weight excluding hydrogens is 218 g/mol. The van der Waals surface area contributed by atoms with Gasteiger partial charge in [0.05, 0.1) is 17.2 Å². The molecule has 2 N–H and O–H groups in total. The van der Waals surface area contributed by atoms with Gasteiger partial charge in [0, 0.05) is 12.6 Å². The molecule has 0 aliphatic heterocycles. The predicted molar refractivity (Wildman–Crippen MR) is 66.2 cm³/mol. The van der Waals surface area contributed by atoms with Gasteiger partial charge in [0.1, 0.15) is 5.75 Å². The van der Waals surface area contributed by atoms with Gasteiger partial charge in [-0.05, 0) is 32.1 Å². The molecule has 1 aromatic carbocycles. The van der Waals surface area contributed by atoms with E-state index in [1.54, 1.807) is 10.6 Å². The van der Waals surface area contributed by atoms with Gasteiger partial charge in [0.15, 0.2) is 0 Å². The average molecular weight is 233 g/mol. The first-order chi connectivity index (χ1) is 8.22. The van der Waals surface area contributed by atoms with Crippen molar-refractivity contribution in [3.63, 3.8) is 0 Å². The van der Waals surface area contributed by atoms with Gasteiger partial charge in [-0.1, -0.05) is 0 Å². The second-order valence-electron chi connectivity index (χ2n) is 3.90. The first-order valence-electron chi connectivity index (χ1n) is 5.55. The topological polar surface area (TPSA) is 67.2 Å². The molecule has 0 fully saturated rings. The van der Waals surface area contributed by atoms with Crippen LogP contribution in [0.15, 0.2) is 29.3 Å². The fourth-order valence-electron chi connectivity index (χ4n) is 1.73. The van der Waals surface area contributed by atoms with Crippen molar-refractivity contribution in [1.82, 2.24) is 14.9 Å². The zero-order valence-corrected chi connectivity index (χ0v) is 9.68. The Hall–Kier alpha value is -1.88. The smallest absolute Gasteiger partial charge is 0.261 e. The number of rotatable bonds is 4. The summed E-state index contributed by atoms with van der Waals surface area (Å²) in [6.07, 6.45) is 2.40. The minimum Gasteiger partial charge on any atom is -0.508 e. The molecule has 2 rings (SSSR count). The Morgan fingerprint density at radius 3 is 3.06 bits per heavy atom. The van der Waals surface area contributed by atoms with Crippen LogP contribution in [0, 0.1) is 0 Å². The van der Waals surface area contributed by atoms with Crippen LogP contribution < -0.4 is 10.9 Å². The molecule has 0 aliphatic carbocycles. The molecule has 5 nitrogen and oxygen atoms in total. The second kappa shape index (κ2) is 4.97. The quantitative estimate of drug-likeness (QED) is 0.763. The Morgan fingerprint density at radius 2 is 2.29 bits per heavy atom. The summed E-state index contributed by atoms with van der Waals surface area (Å²) in [4.78, 5) is 16.2. The molecule has 0 bridgehead atoms. The number of benzene rings is 1. The third-order valence-corrected chi connectivity index (χ3v) is 2.63. The number of aryl methyl sites for hydroxylation is 1. The van der Waals surface area contributed by atoms with E-state index in [0.717, 1.165) is 13.0 Å². The molecular formula is C12H15N3O2. The molecule has 0 saturated carbocycles. The van der Waals surface area contributed by atoms with Crippen LogP contribution in [0.3, 0.4) is 0 Å². The Bertz CT molecular complexity index is 577. The first kappa shape index (κ1) is 11.6. The molecule has 1 aromatic heterocycles. The summed E-state index contributed by atoms with van der Waals surface area (Å²) in [6.45, 7) is 1.50. The van der Waals surface area contributed by atoms with Gasteiger partial charge in [-0.25, -0.2) is 4.98 Å². The van der Waals surface area contributed by atoms with Crippen molar-refractivity contribution in [2.24, 2.45) is 0 Å². The standard InChI is InChI=1S/C12H15N3O2/c1-13-5-2-6-15-8-14-11-7-9(16)3-4-10(11)12(15)17/h3-4,7-8,13,16H,2,5-6H2,1H3. The second-order valence-corrected chi connectivity index (χ2v) is 3.90. The van der Waals surface area contributed by atoms with Crippen molar-refractivity contribution in [2.75, 3.05) is 13.6 Å². The number of nitrogens with zero attached hydrogens (tertiary/aromatic N) is 2. The van der Waals surface area contributed by atoms with E-state index in [1.807, 2.05) is 7.05 Å². The van der Waals surface area contributed by atoms with E-state index in [4.69, 9.17) is 0 Å². The van der Waals surface area contributed by atoms with Crippen LogP contribution in [-0.2, 0) is 6.54 Å². The highest BCUT2D eigenvalue weighted by Gasteiger charge is 2.04. The van der Waals surface area contributed by atoms with E-state index in [2.05, 4.69) is 10.3 Å². The minimum absolute atomic E-state index is 0.0638. The molecule has 90 valence electrons. The Kier molecular flexibility index (Phi) is 3.39. The third-order valence-electron chi connectivity index (χ3n) is 2.63. The largest absolute Gasteiger partial charge is 0.508 e. The van der Waals surface area contributed by atoms with E-state index >= 15 is 0 Å². The highest BCUT2D eigenvalue weighted by molar-refractivity contribution is 5.78. The van der Waals surface area contributed by atoms with Crippen LogP contribution in [0.1, 0.15) is 6.42 Å². The van der Waals surface area contributed by atoms with Crippen LogP contribution in [0.2, 0.25) is 0 Å². The van der Waals surface area contributed by atoms with Gasteiger partial charge in [-0.2, -0.15) is 0 Å². The number of fused-ring (bicyclic) bond motifs is 1. The number of phenols is 1. The molecule has 0 amide bonds. The van der Waals surface area contributed by atoms with Crippen molar-refractivity contribution in [3.8, 4) is 5.75 Å². The van der Waals surface area contributed by atoms with Gasteiger partial charge in [-0.3, -0.25) is 9.36 Å². The van der Waals surface area contributed by atoms with Crippen molar-refractivity contribution < 1.29 is 5.11 Å². The Morgan fingerprint density at radius 1 is 1.47 bits per heavy atom. The van der Waals surface area contributed by atoms with Crippen LogP contribution >= 0.6 is 0 Å². The summed E-state index contributed by atoms with van der Waals surface area (Å²) < 4.78 is 1.59. The lowest BCUT2D eigenvalue weighted by Crippen LogP contribution is -2.22. The van der Waals surface area contributed by atoms with E-state index in [-0.39, 0.29) is 11.3 Å². The molecule has 0 spiro atoms. The molecule has 0 aliphatic rings. The van der Waals surface area contributed by atoms with Gasteiger partial charge >= 0.3 is 0 Å². The maximum absolute atomic E-state index is 12.1. The maximum atomic E-state index is 12.1. The number of hydrogen-bond donors (Lipinski definition) is 2. The molecule has 2 aromatic rings. The summed E-state index contributed by atoms with van der Waals surface area (Å²) in [5.74, 6) is 0.123. The molecule has 17 heavy (non-hydrogen) atoms.